The molecule has 0 bridgehead atoms. The van der Waals surface area contributed by atoms with Crippen LogP contribution >= 0.6 is 0 Å². The van der Waals surface area contributed by atoms with Crippen LogP contribution in [0.3, 0.4) is 0 Å². The van der Waals surface area contributed by atoms with Crippen molar-refractivity contribution in [1.82, 2.24) is 14.7 Å². The highest BCUT2D eigenvalue weighted by Crippen LogP contribution is 2.35. The highest BCUT2D eigenvalue weighted by Gasteiger charge is 2.23. The highest BCUT2D eigenvalue weighted by molar-refractivity contribution is 6.00. The monoisotopic (exact) mass is 471 g/mol. The van der Waals surface area contributed by atoms with Gasteiger partial charge in [0.05, 0.1) is 25.5 Å². The number of hydrogen-bond acceptors (Lipinski definition) is 6. The molecule has 1 aliphatic heterocycles. The Morgan fingerprint density at radius 2 is 1.74 bits per heavy atom. The second-order valence-corrected chi connectivity index (χ2v) is 8.09. The van der Waals surface area contributed by atoms with E-state index in [0.717, 1.165) is 16.8 Å². The number of ether oxygens (including phenoxy) is 4. The van der Waals surface area contributed by atoms with E-state index in [0.29, 0.717) is 40.8 Å². The summed E-state index contributed by atoms with van der Waals surface area (Å²) in [5.41, 5.74) is 3.57. The first-order valence-electron chi connectivity index (χ1n) is 11.1. The standard InChI is InChI=1S/C27H25N3O5/c1-29(15-18-9-11-23-25(13-18)35-17-34-23)27(31)21-16-30(20-7-5-4-6-8-20)28-26(21)19-10-12-22(32-2)24(14-19)33-3/h4-14,16H,15,17H2,1-3H3. The molecule has 5 rings (SSSR count). The Labute approximate surface area is 203 Å². The van der Waals surface area contributed by atoms with E-state index in [9.17, 15) is 4.79 Å². The third-order valence-electron chi connectivity index (χ3n) is 5.83. The molecule has 4 aromatic rings. The summed E-state index contributed by atoms with van der Waals surface area (Å²) in [5, 5.41) is 4.78. The number of nitrogens with zero attached hydrogens (tertiary/aromatic N) is 3. The number of methoxy groups -OCH3 is 2. The zero-order valence-corrected chi connectivity index (χ0v) is 19.7. The van der Waals surface area contributed by atoms with Gasteiger partial charge < -0.3 is 23.8 Å². The van der Waals surface area contributed by atoms with Gasteiger partial charge in [-0.25, -0.2) is 4.68 Å². The third kappa shape index (κ3) is 4.38. The molecule has 1 aromatic heterocycles. The molecule has 178 valence electrons. The maximum atomic E-state index is 13.7. The lowest BCUT2D eigenvalue weighted by molar-refractivity contribution is 0.0785. The van der Waals surface area contributed by atoms with Crippen molar-refractivity contribution in [2.24, 2.45) is 0 Å². The summed E-state index contributed by atoms with van der Waals surface area (Å²) in [4.78, 5) is 15.3. The van der Waals surface area contributed by atoms with E-state index in [1.807, 2.05) is 60.7 Å². The molecule has 1 amide bonds. The minimum absolute atomic E-state index is 0.158. The number of fused-ring (bicyclic) bond motifs is 1. The molecular weight excluding hydrogens is 446 g/mol. The topological polar surface area (TPSA) is 75.1 Å². The molecule has 35 heavy (non-hydrogen) atoms. The maximum Gasteiger partial charge on any atom is 0.257 e. The van der Waals surface area contributed by atoms with Gasteiger partial charge in [-0.1, -0.05) is 24.3 Å². The smallest absolute Gasteiger partial charge is 0.257 e. The van der Waals surface area contributed by atoms with Crippen LogP contribution in [0, 0.1) is 0 Å². The molecule has 0 fully saturated rings. The summed E-state index contributed by atoms with van der Waals surface area (Å²) in [7, 11) is 4.93. The molecule has 0 saturated heterocycles. The van der Waals surface area contributed by atoms with Gasteiger partial charge in [-0.3, -0.25) is 4.79 Å². The molecule has 8 nitrogen and oxygen atoms in total. The summed E-state index contributed by atoms with van der Waals surface area (Å²) < 4.78 is 23.4. The lowest BCUT2D eigenvalue weighted by Crippen LogP contribution is -2.26. The van der Waals surface area contributed by atoms with Crippen molar-refractivity contribution in [1.29, 1.82) is 0 Å². The van der Waals surface area contributed by atoms with Crippen LogP contribution in [0.1, 0.15) is 15.9 Å². The molecule has 0 spiro atoms. The molecule has 2 heterocycles. The number of rotatable bonds is 7. The van der Waals surface area contributed by atoms with Crippen LogP contribution in [-0.2, 0) is 6.54 Å². The summed E-state index contributed by atoms with van der Waals surface area (Å²) in [5.74, 6) is 2.40. The molecule has 8 heteroatoms. The number of carbonyl (C=O) groups excluding carboxylic acids is 1. The van der Waals surface area contributed by atoms with Crippen LogP contribution in [0.4, 0.5) is 0 Å². The average molecular weight is 472 g/mol. The second kappa shape index (κ2) is 9.42. The van der Waals surface area contributed by atoms with Gasteiger partial charge in [0.25, 0.3) is 5.91 Å². The Balaban J connectivity index is 1.51. The fourth-order valence-corrected chi connectivity index (χ4v) is 4.03. The zero-order valence-electron chi connectivity index (χ0n) is 19.7. The largest absolute Gasteiger partial charge is 0.493 e. The number of carbonyl (C=O) groups is 1. The molecule has 1 aliphatic rings. The van der Waals surface area contributed by atoms with E-state index in [1.54, 1.807) is 43.1 Å². The van der Waals surface area contributed by atoms with E-state index in [2.05, 4.69) is 0 Å². The molecule has 0 saturated carbocycles. The average Bonchev–Trinajstić information content (AvgIpc) is 3.55. The van der Waals surface area contributed by atoms with Gasteiger partial charge in [0.2, 0.25) is 6.79 Å². The Kier molecular flexibility index (Phi) is 6.01. The van der Waals surface area contributed by atoms with Crippen LogP contribution in [-0.4, -0.2) is 48.6 Å². The van der Waals surface area contributed by atoms with Crippen LogP contribution < -0.4 is 18.9 Å². The fraction of sp³-hybridized carbons (Fsp3) is 0.185. The SMILES string of the molecule is COc1ccc(-c2nn(-c3ccccc3)cc2C(=O)N(C)Cc2ccc3c(c2)OCO3)cc1OC. The number of amides is 1. The van der Waals surface area contributed by atoms with E-state index < -0.39 is 0 Å². The molecular formula is C27H25N3O5. The molecule has 0 unspecified atom stereocenters. The maximum absolute atomic E-state index is 13.7. The first-order valence-corrected chi connectivity index (χ1v) is 11.1. The van der Waals surface area contributed by atoms with Crippen molar-refractivity contribution in [2.75, 3.05) is 28.1 Å². The van der Waals surface area contributed by atoms with Crippen molar-refractivity contribution in [3.05, 3.63) is 84.1 Å². The van der Waals surface area contributed by atoms with Gasteiger partial charge in [0.15, 0.2) is 23.0 Å². The fourth-order valence-electron chi connectivity index (χ4n) is 4.03. The predicted octanol–water partition coefficient (Wildman–Crippen LogP) is 4.56. The Morgan fingerprint density at radius 3 is 2.51 bits per heavy atom. The second-order valence-electron chi connectivity index (χ2n) is 8.09. The van der Waals surface area contributed by atoms with E-state index in [1.165, 1.54) is 0 Å². The predicted molar refractivity (Wildman–Crippen MR) is 130 cm³/mol. The van der Waals surface area contributed by atoms with E-state index >= 15 is 0 Å². The van der Waals surface area contributed by atoms with E-state index in [-0.39, 0.29) is 12.7 Å². The Morgan fingerprint density at radius 1 is 0.971 bits per heavy atom. The number of aromatic nitrogens is 2. The van der Waals surface area contributed by atoms with Crippen molar-refractivity contribution < 1.29 is 23.7 Å². The van der Waals surface area contributed by atoms with Gasteiger partial charge in [0, 0.05) is 25.4 Å². The van der Waals surface area contributed by atoms with Crippen LogP contribution in [0.25, 0.3) is 16.9 Å². The first-order chi connectivity index (χ1) is 17.1. The quantitative estimate of drug-likeness (QED) is 0.394. The van der Waals surface area contributed by atoms with E-state index in [4.69, 9.17) is 24.0 Å². The minimum atomic E-state index is -0.158. The number of para-hydroxylation sites is 1. The highest BCUT2D eigenvalue weighted by atomic mass is 16.7. The van der Waals surface area contributed by atoms with Crippen LogP contribution in [0.2, 0.25) is 0 Å². The minimum Gasteiger partial charge on any atom is -0.493 e. The first kappa shape index (κ1) is 22.3. The Hall–Kier alpha value is -4.46. The number of hydrogen-bond donors (Lipinski definition) is 0. The van der Waals surface area contributed by atoms with Crippen molar-refractivity contribution in [2.45, 2.75) is 6.54 Å². The van der Waals surface area contributed by atoms with Gasteiger partial charge in [-0.05, 0) is 48.0 Å². The Bertz CT molecular complexity index is 1370. The van der Waals surface area contributed by atoms with Crippen LogP contribution in [0.15, 0.2) is 72.9 Å². The third-order valence-corrected chi connectivity index (χ3v) is 5.83. The van der Waals surface area contributed by atoms with Crippen molar-refractivity contribution in [3.63, 3.8) is 0 Å². The lowest BCUT2D eigenvalue weighted by Gasteiger charge is -2.17. The normalized spacial score (nSPS) is 11.9. The van der Waals surface area contributed by atoms with Gasteiger partial charge in [0.1, 0.15) is 5.69 Å². The summed E-state index contributed by atoms with van der Waals surface area (Å²) in [6.45, 7) is 0.609. The molecule has 0 N–H and O–H groups in total. The molecule has 3 aromatic carbocycles. The summed E-state index contributed by atoms with van der Waals surface area (Å²) >= 11 is 0. The summed E-state index contributed by atoms with van der Waals surface area (Å²) in [6, 6.07) is 20.9. The molecule has 0 radical (unpaired) electrons. The van der Waals surface area contributed by atoms with Crippen molar-refractivity contribution >= 4 is 5.91 Å². The van der Waals surface area contributed by atoms with Crippen LogP contribution in [0.5, 0.6) is 23.0 Å². The van der Waals surface area contributed by atoms with Crippen molar-refractivity contribution in [3.8, 4) is 39.9 Å². The van der Waals surface area contributed by atoms with Gasteiger partial charge in [-0.15, -0.1) is 0 Å². The lowest BCUT2D eigenvalue weighted by atomic mass is 10.1. The summed E-state index contributed by atoms with van der Waals surface area (Å²) in [6.07, 6.45) is 1.76. The zero-order chi connectivity index (χ0) is 24.4. The van der Waals surface area contributed by atoms with Gasteiger partial charge in [-0.2, -0.15) is 5.10 Å². The van der Waals surface area contributed by atoms with Gasteiger partial charge >= 0.3 is 0 Å². The molecule has 0 aliphatic carbocycles. The number of benzene rings is 3. The molecule has 0 atom stereocenters.